The second-order valence-electron chi connectivity index (χ2n) is 3.62. The molecule has 3 N–H and O–H groups in total. The van der Waals surface area contributed by atoms with Crippen molar-refractivity contribution in [2.45, 2.75) is 6.54 Å². The first kappa shape index (κ1) is 12.4. The fraction of sp³-hybridized carbons (Fsp3) is 0.167. The van der Waals surface area contributed by atoms with Crippen molar-refractivity contribution in [2.24, 2.45) is 0 Å². The largest absolute Gasteiger partial charge is 0.496 e. The molecular weight excluding hydrogens is 250 g/mol. The molecule has 2 rings (SSSR count). The van der Waals surface area contributed by atoms with Crippen LogP contribution in [0.5, 0.6) is 5.75 Å². The van der Waals surface area contributed by atoms with Gasteiger partial charge in [-0.05, 0) is 18.2 Å². The lowest BCUT2D eigenvalue weighted by Crippen LogP contribution is -2.23. The highest BCUT2D eigenvalue weighted by molar-refractivity contribution is 7.07. The summed E-state index contributed by atoms with van der Waals surface area (Å²) in [5.41, 5.74) is 9.17. The van der Waals surface area contributed by atoms with Gasteiger partial charge in [-0.2, -0.15) is 0 Å². The average Bonchev–Trinajstić information content (AvgIpc) is 2.89. The van der Waals surface area contributed by atoms with E-state index in [1.165, 1.54) is 18.4 Å². The molecule has 1 amide bonds. The molecule has 0 saturated heterocycles. The van der Waals surface area contributed by atoms with E-state index >= 15 is 0 Å². The maximum Gasteiger partial charge on any atom is 0.255 e. The third-order valence-corrected chi connectivity index (χ3v) is 3.02. The van der Waals surface area contributed by atoms with E-state index in [9.17, 15) is 4.79 Å². The summed E-state index contributed by atoms with van der Waals surface area (Å²) in [5, 5.41) is 4.66. The Hall–Kier alpha value is -2.08. The van der Waals surface area contributed by atoms with Crippen LogP contribution in [0.3, 0.4) is 0 Å². The highest BCUT2D eigenvalue weighted by Gasteiger charge is 2.12. The molecule has 0 aliphatic rings. The van der Waals surface area contributed by atoms with Crippen molar-refractivity contribution >= 4 is 22.9 Å². The highest BCUT2D eigenvalue weighted by Crippen LogP contribution is 2.20. The Kier molecular flexibility index (Phi) is 3.78. The number of carbonyl (C=O) groups excluding carboxylic acids is 1. The van der Waals surface area contributed by atoms with Crippen molar-refractivity contribution in [2.75, 3.05) is 12.8 Å². The van der Waals surface area contributed by atoms with Gasteiger partial charge in [0, 0.05) is 11.1 Å². The summed E-state index contributed by atoms with van der Waals surface area (Å²) in [5.74, 6) is 0.270. The molecule has 0 aliphatic carbocycles. The third-order valence-electron chi connectivity index (χ3n) is 2.38. The maximum absolute atomic E-state index is 12.0. The zero-order valence-electron chi connectivity index (χ0n) is 9.84. The first-order valence-corrected chi connectivity index (χ1v) is 6.24. The zero-order valence-corrected chi connectivity index (χ0v) is 10.7. The standard InChI is InChI=1S/C12H13N3O2S/c1-17-11-3-2-8(13)4-10(11)12(16)14-5-9-6-18-7-15-9/h2-4,6-7H,5,13H2,1H3,(H,14,16). The second-order valence-corrected chi connectivity index (χ2v) is 4.34. The van der Waals surface area contributed by atoms with Crippen LogP contribution in [0.4, 0.5) is 5.69 Å². The third kappa shape index (κ3) is 2.78. The molecule has 0 saturated carbocycles. The van der Waals surface area contributed by atoms with Gasteiger partial charge in [0.15, 0.2) is 0 Å². The topological polar surface area (TPSA) is 77.2 Å². The lowest BCUT2D eigenvalue weighted by Gasteiger charge is -2.09. The second kappa shape index (κ2) is 5.50. The van der Waals surface area contributed by atoms with Gasteiger partial charge in [0.2, 0.25) is 0 Å². The van der Waals surface area contributed by atoms with Crippen LogP contribution in [0, 0.1) is 0 Å². The first-order valence-electron chi connectivity index (χ1n) is 5.29. The number of methoxy groups -OCH3 is 1. The smallest absolute Gasteiger partial charge is 0.255 e. The fourth-order valence-electron chi connectivity index (χ4n) is 1.49. The van der Waals surface area contributed by atoms with Gasteiger partial charge in [0.05, 0.1) is 30.4 Å². The molecular formula is C12H13N3O2S. The number of hydrogen-bond donors (Lipinski definition) is 2. The molecule has 0 unspecified atom stereocenters. The number of nitrogens with two attached hydrogens (primary N) is 1. The summed E-state index contributed by atoms with van der Waals surface area (Å²) in [6.07, 6.45) is 0. The average molecular weight is 263 g/mol. The van der Waals surface area contributed by atoms with E-state index in [4.69, 9.17) is 10.5 Å². The predicted molar refractivity (Wildman–Crippen MR) is 70.7 cm³/mol. The van der Waals surface area contributed by atoms with E-state index in [1.807, 2.05) is 5.38 Å². The number of nitrogen functional groups attached to an aromatic ring is 1. The molecule has 18 heavy (non-hydrogen) atoms. The Bertz CT molecular complexity index is 540. The number of nitrogens with zero attached hydrogens (tertiary/aromatic N) is 1. The number of thiazole rings is 1. The number of benzene rings is 1. The predicted octanol–water partition coefficient (Wildman–Crippen LogP) is 1.66. The van der Waals surface area contributed by atoms with Gasteiger partial charge in [0.25, 0.3) is 5.91 Å². The first-order chi connectivity index (χ1) is 8.70. The Balaban J connectivity index is 2.10. The van der Waals surface area contributed by atoms with Crippen LogP contribution in [0.2, 0.25) is 0 Å². The summed E-state index contributed by atoms with van der Waals surface area (Å²) < 4.78 is 5.13. The van der Waals surface area contributed by atoms with E-state index in [1.54, 1.807) is 23.7 Å². The minimum Gasteiger partial charge on any atom is -0.496 e. The van der Waals surface area contributed by atoms with Crippen molar-refractivity contribution in [1.82, 2.24) is 10.3 Å². The highest BCUT2D eigenvalue weighted by atomic mass is 32.1. The van der Waals surface area contributed by atoms with Crippen LogP contribution in [0.25, 0.3) is 0 Å². The number of carbonyl (C=O) groups is 1. The van der Waals surface area contributed by atoms with Crippen LogP contribution < -0.4 is 15.8 Å². The zero-order chi connectivity index (χ0) is 13.0. The summed E-state index contributed by atoms with van der Waals surface area (Å²) in [7, 11) is 1.52. The van der Waals surface area contributed by atoms with Crippen molar-refractivity contribution in [3.8, 4) is 5.75 Å². The Morgan fingerprint density at radius 1 is 1.56 bits per heavy atom. The number of ether oxygens (including phenoxy) is 1. The number of rotatable bonds is 4. The van der Waals surface area contributed by atoms with Crippen molar-refractivity contribution < 1.29 is 9.53 Å². The lowest BCUT2D eigenvalue weighted by atomic mass is 10.1. The van der Waals surface area contributed by atoms with Gasteiger partial charge < -0.3 is 15.8 Å². The van der Waals surface area contributed by atoms with Crippen molar-refractivity contribution in [1.29, 1.82) is 0 Å². The van der Waals surface area contributed by atoms with Crippen LogP contribution in [-0.4, -0.2) is 18.0 Å². The van der Waals surface area contributed by atoms with Crippen LogP contribution in [-0.2, 0) is 6.54 Å². The SMILES string of the molecule is COc1ccc(N)cc1C(=O)NCc1cscn1. The fourth-order valence-corrected chi connectivity index (χ4v) is 2.05. The van der Waals surface area contributed by atoms with Crippen molar-refractivity contribution in [3.05, 3.63) is 40.3 Å². The minimum atomic E-state index is -0.229. The van der Waals surface area contributed by atoms with Crippen LogP contribution in [0.15, 0.2) is 29.1 Å². The molecule has 6 heteroatoms. The van der Waals surface area contributed by atoms with E-state index in [0.717, 1.165) is 5.69 Å². The number of hydrogen-bond acceptors (Lipinski definition) is 5. The molecule has 0 fully saturated rings. The quantitative estimate of drug-likeness (QED) is 0.822. The normalized spacial score (nSPS) is 10.1. The number of nitrogens with one attached hydrogen (secondary N) is 1. The molecule has 0 atom stereocenters. The van der Waals surface area contributed by atoms with Gasteiger partial charge in [-0.3, -0.25) is 4.79 Å². The number of amides is 1. The Labute approximate surface area is 109 Å². The monoisotopic (exact) mass is 263 g/mol. The van der Waals surface area contributed by atoms with E-state index in [2.05, 4.69) is 10.3 Å². The van der Waals surface area contributed by atoms with Crippen LogP contribution in [0.1, 0.15) is 16.1 Å². The minimum absolute atomic E-state index is 0.229. The number of anilines is 1. The molecule has 0 radical (unpaired) electrons. The maximum atomic E-state index is 12.0. The molecule has 0 aliphatic heterocycles. The summed E-state index contributed by atoms with van der Waals surface area (Å²) in [4.78, 5) is 16.1. The molecule has 1 aromatic carbocycles. The summed E-state index contributed by atoms with van der Waals surface area (Å²) in [6.45, 7) is 0.389. The summed E-state index contributed by atoms with van der Waals surface area (Å²) in [6, 6.07) is 4.96. The van der Waals surface area contributed by atoms with Crippen molar-refractivity contribution in [3.63, 3.8) is 0 Å². The lowest BCUT2D eigenvalue weighted by molar-refractivity contribution is 0.0947. The molecule has 5 nitrogen and oxygen atoms in total. The van der Waals surface area contributed by atoms with E-state index < -0.39 is 0 Å². The molecule has 1 heterocycles. The number of aromatic nitrogens is 1. The van der Waals surface area contributed by atoms with Gasteiger partial charge in [-0.25, -0.2) is 4.98 Å². The van der Waals surface area contributed by atoms with Crippen LogP contribution >= 0.6 is 11.3 Å². The van der Waals surface area contributed by atoms with Gasteiger partial charge in [0.1, 0.15) is 5.75 Å². The molecule has 1 aromatic heterocycles. The van der Waals surface area contributed by atoms with Gasteiger partial charge in [-0.1, -0.05) is 0 Å². The molecule has 94 valence electrons. The van der Waals surface area contributed by atoms with E-state index in [0.29, 0.717) is 23.5 Å². The molecule has 2 aromatic rings. The van der Waals surface area contributed by atoms with Gasteiger partial charge in [-0.15, -0.1) is 11.3 Å². The molecule has 0 bridgehead atoms. The van der Waals surface area contributed by atoms with E-state index in [-0.39, 0.29) is 5.91 Å². The summed E-state index contributed by atoms with van der Waals surface area (Å²) >= 11 is 1.49. The Morgan fingerprint density at radius 3 is 3.06 bits per heavy atom. The van der Waals surface area contributed by atoms with Gasteiger partial charge >= 0.3 is 0 Å². The Morgan fingerprint density at radius 2 is 2.39 bits per heavy atom. The molecule has 0 spiro atoms.